The molecule has 1 N–H and O–H groups in total. The van der Waals surface area contributed by atoms with Gasteiger partial charge in [0.2, 0.25) is 5.91 Å². The van der Waals surface area contributed by atoms with Crippen molar-refractivity contribution >= 4 is 16.8 Å². The number of nitrogens with zero attached hydrogens (tertiary/aromatic N) is 1. The lowest BCUT2D eigenvalue weighted by molar-refractivity contribution is -0.130. The fraction of sp³-hybridized carbons (Fsp3) is 0.357. The highest BCUT2D eigenvalue weighted by atomic mass is 16.2. The molecule has 0 aliphatic carbocycles. The van der Waals surface area contributed by atoms with Gasteiger partial charge in [-0.2, -0.15) is 0 Å². The first-order valence-corrected chi connectivity index (χ1v) is 5.90. The van der Waals surface area contributed by atoms with Crippen molar-refractivity contribution in [3.8, 4) is 0 Å². The lowest BCUT2D eigenvalue weighted by Gasteiger charge is -2.20. The van der Waals surface area contributed by atoms with E-state index in [1.165, 1.54) is 0 Å². The van der Waals surface area contributed by atoms with Crippen LogP contribution >= 0.6 is 0 Å². The average molecular weight is 230 g/mol. The summed E-state index contributed by atoms with van der Waals surface area (Å²) in [5.41, 5.74) is 2.06. The van der Waals surface area contributed by atoms with Gasteiger partial charge in [-0.05, 0) is 31.4 Å². The van der Waals surface area contributed by atoms with Crippen LogP contribution in [0.15, 0.2) is 30.3 Å². The first kappa shape index (κ1) is 11.7. The second-order valence-electron chi connectivity index (χ2n) is 4.66. The Morgan fingerprint density at radius 1 is 1.35 bits per heavy atom. The van der Waals surface area contributed by atoms with Crippen molar-refractivity contribution in [2.75, 3.05) is 7.05 Å². The zero-order valence-corrected chi connectivity index (χ0v) is 10.5. The maximum atomic E-state index is 11.9. The second kappa shape index (κ2) is 4.62. The van der Waals surface area contributed by atoms with Gasteiger partial charge in [0.05, 0.1) is 6.42 Å². The molecular formula is C14H18N2O. The monoisotopic (exact) mass is 230 g/mol. The van der Waals surface area contributed by atoms with E-state index in [0.717, 1.165) is 16.6 Å². The molecule has 0 bridgehead atoms. The van der Waals surface area contributed by atoms with Crippen molar-refractivity contribution in [2.24, 2.45) is 0 Å². The molecule has 0 spiro atoms. The van der Waals surface area contributed by atoms with Crippen molar-refractivity contribution in [3.05, 3.63) is 36.0 Å². The van der Waals surface area contributed by atoms with Gasteiger partial charge in [0, 0.05) is 24.3 Å². The van der Waals surface area contributed by atoms with Crippen LogP contribution in [0, 0.1) is 0 Å². The maximum absolute atomic E-state index is 11.9. The molecule has 0 unspecified atom stereocenters. The summed E-state index contributed by atoms with van der Waals surface area (Å²) in [7, 11) is 1.84. The Hall–Kier alpha value is -1.77. The average Bonchev–Trinajstić information content (AvgIpc) is 2.69. The molecule has 2 rings (SSSR count). The fourth-order valence-electron chi connectivity index (χ4n) is 1.80. The Labute approximate surface area is 101 Å². The van der Waals surface area contributed by atoms with Gasteiger partial charge >= 0.3 is 0 Å². The van der Waals surface area contributed by atoms with Gasteiger partial charge in [-0.1, -0.05) is 18.2 Å². The summed E-state index contributed by atoms with van der Waals surface area (Å²) in [5.74, 6) is 0.145. The quantitative estimate of drug-likeness (QED) is 0.864. The van der Waals surface area contributed by atoms with Gasteiger partial charge in [0.15, 0.2) is 0 Å². The van der Waals surface area contributed by atoms with E-state index in [4.69, 9.17) is 0 Å². The number of carbonyl (C=O) groups is 1. The van der Waals surface area contributed by atoms with Crippen LogP contribution in [0.1, 0.15) is 19.5 Å². The van der Waals surface area contributed by atoms with Gasteiger partial charge in [-0.25, -0.2) is 0 Å². The lowest BCUT2D eigenvalue weighted by Crippen LogP contribution is -2.34. The predicted octanol–water partition coefficient (Wildman–Crippen LogP) is 2.58. The zero-order valence-electron chi connectivity index (χ0n) is 10.5. The summed E-state index contributed by atoms with van der Waals surface area (Å²) in [6.07, 6.45) is 0.434. The number of H-pyrrole nitrogens is 1. The van der Waals surface area contributed by atoms with Crippen LogP contribution in [0.25, 0.3) is 10.9 Å². The van der Waals surface area contributed by atoms with Crippen LogP contribution in [-0.4, -0.2) is 28.9 Å². The molecule has 0 atom stereocenters. The van der Waals surface area contributed by atoms with Gasteiger partial charge in [-0.15, -0.1) is 0 Å². The van der Waals surface area contributed by atoms with Crippen LogP contribution in [0.5, 0.6) is 0 Å². The summed E-state index contributed by atoms with van der Waals surface area (Å²) in [6.45, 7) is 4.03. The summed E-state index contributed by atoms with van der Waals surface area (Å²) in [5, 5.41) is 1.16. The topological polar surface area (TPSA) is 36.1 Å². The van der Waals surface area contributed by atoms with Gasteiger partial charge in [0.1, 0.15) is 0 Å². The minimum Gasteiger partial charge on any atom is -0.358 e. The molecule has 0 aliphatic rings. The number of hydrogen-bond acceptors (Lipinski definition) is 1. The van der Waals surface area contributed by atoms with E-state index in [1.807, 2.05) is 51.2 Å². The number of para-hydroxylation sites is 1. The number of carbonyl (C=O) groups excluding carboxylic acids is 1. The zero-order chi connectivity index (χ0) is 12.4. The van der Waals surface area contributed by atoms with Crippen LogP contribution in [-0.2, 0) is 11.2 Å². The number of aromatic nitrogens is 1. The van der Waals surface area contributed by atoms with Crippen LogP contribution in [0.2, 0.25) is 0 Å². The van der Waals surface area contributed by atoms with Crippen molar-refractivity contribution in [3.63, 3.8) is 0 Å². The third-order valence-electron chi connectivity index (χ3n) is 3.10. The Morgan fingerprint density at radius 3 is 2.71 bits per heavy atom. The standard InChI is InChI=1S/C14H18N2O/c1-10(2)16(3)14(17)9-12-8-11-6-4-5-7-13(11)15-12/h4-8,10,15H,9H2,1-3H3. The van der Waals surface area contributed by atoms with Crippen molar-refractivity contribution in [1.29, 1.82) is 0 Å². The van der Waals surface area contributed by atoms with E-state index in [0.29, 0.717) is 6.42 Å². The number of fused-ring (bicyclic) bond motifs is 1. The molecule has 0 saturated carbocycles. The normalized spacial score (nSPS) is 11.1. The Morgan fingerprint density at radius 2 is 2.06 bits per heavy atom. The van der Waals surface area contributed by atoms with E-state index >= 15 is 0 Å². The van der Waals surface area contributed by atoms with E-state index in [-0.39, 0.29) is 11.9 Å². The van der Waals surface area contributed by atoms with Crippen molar-refractivity contribution in [2.45, 2.75) is 26.3 Å². The SMILES string of the molecule is CC(C)N(C)C(=O)Cc1cc2ccccc2[nH]1. The highest BCUT2D eigenvalue weighted by Gasteiger charge is 2.13. The first-order chi connectivity index (χ1) is 8.08. The van der Waals surface area contributed by atoms with E-state index in [9.17, 15) is 4.79 Å². The number of nitrogens with one attached hydrogen (secondary N) is 1. The van der Waals surface area contributed by atoms with E-state index < -0.39 is 0 Å². The summed E-state index contributed by atoms with van der Waals surface area (Å²) in [4.78, 5) is 17.0. The smallest absolute Gasteiger partial charge is 0.228 e. The molecule has 1 aromatic carbocycles. The molecule has 1 amide bonds. The number of rotatable bonds is 3. The minimum atomic E-state index is 0.145. The molecule has 0 saturated heterocycles. The van der Waals surface area contributed by atoms with Gasteiger partial charge in [-0.3, -0.25) is 4.79 Å². The largest absolute Gasteiger partial charge is 0.358 e. The number of aromatic amines is 1. The Balaban J connectivity index is 2.16. The van der Waals surface area contributed by atoms with Crippen molar-refractivity contribution in [1.82, 2.24) is 9.88 Å². The van der Waals surface area contributed by atoms with E-state index in [1.54, 1.807) is 4.90 Å². The predicted molar refractivity (Wildman–Crippen MR) is 69.9 cm³/mol. The summed E-state index contributed by atoms with van der Waals surface area (Å²) >= 11 is 0. The molecule has 17 heavy (non-hydrogen) atoms. The molecule has 1 heterocycles. The number of benzene rings is 1. The third kappa shape index (κ3) is 2.49. The Kier molecular flexibility index (Phi) is 3.18. The maximum Gasteiger partial charge on any atom is 0.228 e. The fourth-order valence-corrected chi connectivity index (χ4v) is 1.80. The molecule has 90 valence electrons. The summed E-state index contributed by atoms with van der Waals surface area (Å²) in [6, 6.07) is 10.3. The van der Waals surface area contributed by atoms with Gasteiger partial charge < -0.3 is 9.88 Å². The molecule has 3 nitrogen and oxygen atoms in total. The Bertz CT molecular complexity index is 495. The van der Waals surface area contributed by atoms with Gasteiger partial charge in [0.25, 0.3) is 0 Å². The number of amides is 1. The summed E-state index contributed by atoms with van der Waals surface area (Å²) < 4.78 is 0. The minimum absolute atomic E-state index is 0.145. The molecule has 0 aliphatic heterocycles. The van der Waals surface area contributed by atoms with Crippen LogP contribution in [0.3, 0.4) is 0 Å². The third-order valence-corrected chi connectivity index (χ3v) is 3.10. The molecular weight excluding hydrogens is 212 g/mol. The molecule has 0 radical (unpaired) electrons. The highest BCUT2D eigenvalue weighted by Crippen LogP contribution is 2.15. The first-order valence-electron chi connectivity index (χ1n) is 5.90. The lowest BCUT2D eigenvalue weighted by atomic mass is 10.2. The molecule has 1 aromatic heterocycles. The number of hydrogen-bond donors (Lipinski definition) is 1. The molecule has 2 aromatic rings. The molecule has 0 fully saturated rings. The van der Waals surface area contributed by atoms with Crippen molar-refractivity contribution < 1.29 is 4.79 Å². The van der Waals surface area contributed by atoms with E-state index in [2.05, 4.69) is 4.98 Å². The second-order valence-corrected chi connectivity index (χ2v) is 4.66. The highest BCUT2D eigenvalue weighted by molar-refractivity contribution is 5.84. The van der Waals surface area contributed by atoms with Crippen LogP contribution < -0.4 is 0 Å². The molecule has 3 heteroatoms. The van der Waals surface area contributed by atoms with Crippen LogP contribution in [0.4, 0.5) is 0 Å². The number of likely N-dealkylation sites (N-methyl/N-ethyl adjacent to an activating group) is 1.